The van der Waals surface area contributed by atoms with Gasteiger partial charge in [0.1, 0.15) is 0 Å². The summed E-state index contributed by atoms with van der Waals surface area (Å²) in [5.74, 6) is 1.42. The summed E-state index contributed by atoms with van der Waals surface area (Å²) in [4.78, 5) is 19.0. The Morgan fingerprint density at radius 1 is 1.24 bits per heavy atom. The second-order valence-electron chi connectivity index (χ2n) is 6.73. The van der Waals surface area contributed by atoms with Crippen LogP contribution >= 0.6 is 0 Å². The monoisotopic (exact) mass is 341 g/mol. The van der Waals surface area contributed by atoms with Gasteiger partial charge in [0, 0.05) is 24.9 Å². The Morgan fingerprint density at radius 2 is 2.12 bits per heavy atom. The second-order valence-corrected chi connectivity index (χ2v) is 6.73. The number of carbonyl (C=O) groups excluding carboxylic acids is 1. The van der Waals surface area contributed by atoms with Crippen molar-refractivity contribution in [1.29, 1.82) is 0 Å². The molecule has 1 aromatic heterocycles. The van der Waals surface area contributed by atoms with Crippen LogP contribution in [0, 0.1) is 0 Å². The summed E-state index contributed by atoms with van der Waals surface area (Å²) in [5.41, 5.74) is 0.939. The summed E-state index contributed by atoms with van der Waals surface area (Å²) >= 11 is 0. The molecular formula is C19H23N3O3. The van der Waals surface area contributed by atoms with Crippen LogP contribution in [-0.4, -0.2) is 46.2 Å². The van der Waals surface area contributed by atoms with E-state index in [-0.39, 0.29) is 18.1 Å². The lowest BCUT2D eigenvalue weighted by Crippen LogP contribution is -2.51. The van der Waals surface area contributed by atoms with Gasteiger partial charge in [0.15, 0.2) is 0 Å². The average Bonchev–Trinajstić information content (AvgIpc) is 3.31. The topological polar surface area (TPSA) is 68.5 Å². The summed E-state index contributed by atoms with van der Waals surface area (Å²) in [6, 6.07) is 10.0. The van der Waals surface area contributed by atoms with Crippen molar-refractivity contribution in [2.24, 2.45) is 0 Å². The smallest absolute Gasteiger partial charge is 0.226 e. The van der Waals surface area contributed by atoms with E-state index in [1.54, 1.807) is 0 Å². The van der Waals surface area contributed by atoms with E-state index in [0.717, 1.165) is 37.8 Å². The van der Waals surface area contributed by atoms with Crippen LogP contribution in [0.15, 0.2) is 34.9 Å². The molecule has 0 unspecified atom stereocenters. The normalized spacial score (nSPS) is 22.8. The fourth-order valence-electron chi connectivity index (χ4n) is 3.83. The van der Waals surface area contributed by atoms with Gasteiger partial charge in [-0.05, 0) is 25.7 Å². The minimum absolute atomic E-state index is 0.225. The number of fused-ring (bicyclic) bond motifs is 1. The van der Waals surface area contributed by atoms with Crippen molar-refractivity contribution in [2.45, 2.75) is 50.7 Å². The first kappa shape index (κ1) is 16.3. The van der Waals surface area contributed by atoms with Crippen LogP contribution in [0.4, 0.5) is 0 Å². The fraction of sp³-hybridized carbons (Fsp3) is 0.526. The van der Waals surface area contributed by atoms with E-state index in [1.807, 2.05) is 35.2 Å². The van der Waals surface area contributed by atoms with Crippen LogP contribution in [0.2, 0.25) is 0 Å². The molecule has 2 aliphatic rings. The second kappa shape index (κ2) is 7.35. The average molecular weight is 341 g/mol. The third-order valence-corrected chi connectivity index (χ3v) is 5.08. The van der Waals surface area contributed by atoms with Gasteiger partial charge >= 0.3 is 0 Å². The highest BCUT2D eigenvalue weighted by Crippen LogP contribution is 2.30. The van der Waals surface area contributed by atoms with E-state index >= 15 is 0 Å². The molecule has 0 spiro atoms. The lowest BCUT2D eigenvalue weighted by atomic mass is 10.1. The third-order valence-electron chi connectivity index (χ3n) is 5.08. The highest BCUT2D eigenvalue weighted by molar-refractivity contribution is 5.76. The third kappa shape index (κ3) is 3.58. The van der Waals surface area contributed by atoms with Crippen LogP contribution in [0.1, 0.15) is 38.0 Å². The van der Waals surface area contributed by atoms with Gasteiger partial charge in [-0.1, -0.05) is 35.5 Å². The molecule has 2 heterocycles. The standard InChI is InChI=1S/C19H23N3O3/c23-18(22-12-13-24-16-9-4-8-15(16)22)11-5-10-17-20-19(21-25-17)14-6-2-1-3-7-14/h1-3,6-7,15-16H,4-5,8-13H2/t15-,16+/m1/s1. The van der Waals surface area contributed by atoms with Crippen molar-refractivity contribution in [1.82, 2.24) is 15.0 Å². The maximum atomic E-state index is 12.6. The van der Waals surface area contributed by atoms with Crippen LogP contribution in [-0.2, 0) is 16.0 Å². The van der Waals surface area contributed by atoms with Gasteiger partial charge in [0.2, 0.25) is 17.6 Å². The molecule has 6 nitrogen and oxygen atoms in total. The molecule has 25 heavy (non-hydrogen) atoms. The molecule has 1 saturated carbocycles. The van der Waals surface area contributed by atoms with E-state index < -0.39 is 0 Å². The number of rotatable bonds is 5. The number of carbonyl (C=O) groups is 1. The summed E-state index contributed by atoms with van der Waals surface area (Å²) < 4.78 is 11.1. The van der Waals surface area contributed by atoms with E-state index in [0.29, 0.717) is 31.2 Å². The predicted octanol–water partition coefficient (Wildman–Crippen LogP) is 2.84. The van der Waals surface area contributed by atoms with E-state index in [9.17, 15) is 4.79 Å². The molecule has 1 aliphatic heterocycles. The van der Waals surface area contributed by atoms with Crippen molar-refractivity contribution in [3.63, 3.8) is 0 Å². The van der Waals surface area contributed by atoms with Crippen LogP contribution in [0.25, 0.3) is 11.4 Å². The molecule has 0 bridgehead atoms. The Morgan fingerprint density at radius 3 is 3.00 bits per heavy atom. The van der Waals surface area contributed by atoms with Crippen molar-refractivity contribution >= 4 is 5.91 Å². The molecule has 132 valence electrons. The molecule has 1 aliphatic carbocycles. The molecule has 1 aromatic carbocycles. The van der Waals surface area contributed by atoms with Gasteiger partial charge in [-0.2, -0.15) is 4.98 Å². The molecule has 0 radical (unpaired) electrons. The van der Waals surface area contributed by atoms with Crippen molar-refractivity contribution in [2.75, 3.05) is 13.2 Å². The molecule has 4 rings (SSSR count). The number of aromatic nitrogens is 2. The summed E-state index contributed by atoms with van der Waals surface area (Å²) in [7, 11) is 0. The Hall–Kier alpha value is -2.21. The summed E-state index contributed by atoms with van der Waals surface area (Å²) in [5, 5.41) is 4.02. The molecule has 6 heteroatoms. The molecule has 2 atom stereocenters. The molecule has 2 fully saturated rings. The number of amides is 1. The summed E-state index contributed by atoms with van der Waals surface area (Å²) in [6.45, 7) is 1.38. The van der Waals surface area contributed by atoms with Crippen molar-refractivity contribution in [3.05, 3.63) is 36.2 Å². The van der Waals surface area contributed by atoms with Gasteiger partial charge in [-0.15, -0.1) is 0 Å². The Balaban J connectivity index is 1.29. The molecular weight excluding hydrogens is 318 g/mol. The Labute approximate surface area is 147 Å². The fourth-order valence-corrected chi connectivity index (χ4v) is 3.83. The number of morpholine rings is 1. The van der Waals surface area contributed by atoms with Gasteiger partial charge in [-0.3, -0.25) is 4.79 Å². The molecule has 1 amide bonds. The van der Waals surface area contributed by atoms with Gasteiger partial charge < -0.3 is 14.2 Å². The molecule has 0 N–H and O–H groups in total. The minimum atomic E-state index is 0.225. The lowest BCUT2D eigenvalue weighted by Gasteiger charge is -2.37. The SMILES string of the molecule is O=C(CCCc1nc(-c2ccccc2)no1)N1CCO[C@H]2CCC[C@H]21. The molecule has 2 aromatic rings. The zero-order valence-corrected chi connectivity index (χ0v) is 14.3. The first-order chi connectivity index (χ1) is 12.3. The van der Waals surface area contributed by atoms with Crippen molar-refractivity contribution in [3.8, 4) is 11.4 Å². The number of ether oxygens (including phenoxy) is 1. The van der Waals surface area contributed by atoms with Gasteiger partial charge in [0.25, 0.3) is 0 Å². The number of hydrogen-bond donors (Lipinski definition) is 0. The number of benzene rings is 1. The van der Waals surface area contributed by atoms with Gasteiger partial charge in [0.05, 0.1) is 18.8 Å². The predicted molar refractivity (Wildman–Crippen MR) is 91.8 cm³/mol. The maximum absolute atomic E-state index is 12.6. The summed E-state index contributed by atoms with van der Waals surface area (Å²) in [6.07, 6.45) is 5.44. The first-order valence-electron chi connectivity index (χ1n) is 9.10. The zero-order chi connectivity index (χ0) is 17.1. The molecule has 1 saturated heterocycles. The Kier molecular flexibility index (Phi) is 4.78. The number of aryl methyl sites for hydroxylation is 1. The van der Waals surface area contributed by atoms with Crippen LogP contribution in [0.5, 0.6) is 0 Å². The van der Waals surface area contributed by atoms with E-state index in [4.69, 9.17) is 9.26 Å². The van der Waals surface area contributed by atoms with E-state index in [2.05, 4.69) is 10.1 Å². The Bertz CT molecular complexity index is 716. The highest BCUT2D eigenvalue weighted by atomic mass is 16.5. The number of hydrogen-bond acceptors (Lipinski definition) is 5. The quantitative estimate of drug-likeness (QED) is 0.836. The number of nitrogens with zero attached hydrogens (tertiary/aromatic N) is 3. The largest absolute Gasteiger partial charge is 0.374 e. The van der Waals surface area contributed by atoms with E-state index in [1.165, 1.54) is 0 Å². The van der Waals surface area contributed by atoms with Crippen LogP contribution < -0.4 is 0 Å². The minimum Gasteiger partial charge on any atom is -0.374 e. The highest BCUT2D eigenvalue weighted by Gasteiger charge is 2.37. The zero-order valence-electron chi connectivity index (χ0n) is 14.3. The van der Waals surface area contributed by atoms with Crippen molar-refractivity contribution < 1.29 is 14.1 Å². The van der Waals surface area contributed by atoms with Crippen LogP contribution in [0.3, 0.4) is 0 Å². The van der Waals surface area contributed by atoms with Gasteiger partial charge in [-0.25, -0.2) is 0 Å². The maximum Gasteiger partial charge on any atom is 0.226 e. The lowest BCUT2D eigenvalue weighted by molar-refractivity contribution is -0.144. The first-order valence-corrected chi connectivity index (χ1v) is 9.10.